The van der Waals surface area contributed by atoms with Crippen LogP contribution in [0.3, 0.4) is 0 Å². The van der Waals surface area contributed by atoms with Crippen molar-refractivity contribution < 1.29 is 26.4 Å². The summed E-state index contributed by atoms with van der Waals surface area (Å²) in [6, 6.07) is 20.3. The molecule has 0 aromatic heterocycles. The van der Waals surface area contributed by atoms with E-state index in [0.717, 1.165) is 11.6 Å². The fraction of sp³-hybridized carbons (Fsp3) is 0.208. The predicted octanol–water partition coefficient (Wildman–Crippen LogP) is 4.80. The van der Waals surface area contributed by atoms with Gasteiger partial charge in [-0.15, -0.1) is 0 Å². The highest BCUT2D eigenvalue weighted by molar-refractivity contribution is 7.89. The van der Waals surface area contributed by atoms with Crippen molar-refractivity contribution in [3.63, 3.8) is 0 Å². The minimum Gasteiger partial charge on any atom is -0.325 e. The normalized spacial score (nSPS) is 11.8. The highest BCUT2D eigenvalue weighted by atomic mass is 32.2. The van der Waals surface area contributed by atoms with Crippen LogP contribution in [0.25, 0.3) is 0 Å². The molecule has 3 aromatic rings. The molecule has 2 N–H and O–H groups in total. The van der Waals surface area contributed by atoms with Gasteiger partial charge in [0.1, 0.15) is 0 Å². The molecule has 0 atom stereocenters. The van der Waals surface area contributed by atoms with Crippen LogP contribution in [0.1, 0.15) is 23.1 Å². The van der Waals surface area contributed by atoms with Crippen LogP contribution in [0.5, 0.6) is 0 Å². The van der Waals surface area contributed by atoms with Crippen LogP contribution >= 0.6 is 0 Å². The van der Waals surface area contributed by atoms with Gasteiger partial charge >= 0.3 is 6.18 Å². The second kappa shape index (κ2) is 10.6. The molecular formula is C24H23F3N2O3S. The molecule has 0 saturated heterocycles. The number of nitrogens with one attached hydrogen (secondary N) is 2. The fourth-order valence-electron chi connectivity index (χ4n) is 3.20. The van der Waals surface area contributed by atoms with Crippen LogP contribution in [-0.4, -0.2) is 20.9 Å². The Morgan fingerprint density at radius 2 is 1.39 bits per heavy atom. The molecule has 0 aliphatic rings. The van der Waals surface area contributed by atoms with Crippen molar-refractivity contribution in [2.24, 2.45) is 0 Å². The third kappa shape index (κ3) is 7.16. The second-order valence-corrected chi connectivity index (χ2v) is 9.14. The molecule has 1 amide bonds. The predicted molar refractivity (Wildman–Crippen MR) is 120 cm³/mol. The summed E-state index contributed by atoms with van der Waals surface area (Å²) in [4.78, 5) is 12.2. The molecule has 0 bridgehead atoms. The lowest BCUT2D eigenvalue weighted by atomic mass is 10.1. The van der Waals surface area contributed by atoms with Crippen molar-refractivity contribution in [1.82, 2.24) is 4.72 Å². The largest absolute Gasteiger partial charge is 0.418 e. The van der Waals surface area contributed by atoms with Crippen molar-refractivity contribution in [2.75, 3.05) is 11.9 Å². The van der Waals surface area contributed by atoms with E-state index < -0.39 is 27.7 Å². The average Bonchev–Trinajstić information content (AvgIpc) is 2.78. The Morgan fingerprint density at radius 1 is 0.788 bits per heavy atom. The minimum absolute atomic E-state index is 0.0480. The Kier molecular flexibility index (Phi) is 7.88. The number of benzene rings is 3. The van der Waals surface area contributed by atoms with Crippen LogP contribution in [-0.2, 0) is 33.8 Å². The number of halogens is 3. The van der Waals surface area contributed by atoms with Gasteiger partial charge in [0.05, 0.1) is 16.1 Å². The van der Waals surface area contributed by atoms with Gasteiger partial charge in [0, 0.05) is 13.0 Å². The summed E-state index contributed by atoms with van der Waals surface area (Å²) >= 11 is 0. The van der Waals surface area contributed by atoms with Crippen LogP contribution in [0.15, 0.2) is 83.8 Å². The lowest BCUT2D eigenvalue weighted by Gasteiger charge is -2.13. The van der Waals surface area contributed by atoms with Gasteiger partial charge in [0.2, 0.25) is 15.9 Å². The summed E-state index contributed by atoms with van der Waals surface area (Å²) in [6.45, 7) is 0.258. The van der Waals surface area contributed by atoms with Crippen molar-refractivity contribution in [3.8, 4) is 0 Å². The van der Waals surface area contributed by atoms with E-state index in [-0.39, 0.29) is 30.0 Å². The number of alkyl halides is 3. The molecule has 0 fully saturated rings. The van der Waals surface area contributed by atoms with E-state index >= 15 is 0 Å². The van der Waals surface area contributed by atoms with E-state index in [1.807, 2.05) is 30.3 Å². The van der Waals surface area contributed by atoms with Gasteiger partial charge in [0.15, 0.2) is 0 Å². The quantitative estimate of drug-likeness (QED) is 0.466. The summed E-state index contributed by atoms with van der Waals surface area (Å²) in [5, 5.41) is 2.29. The van der Waals surface area contributed by atoms with Gasteiger partial charge in [-0.1, -0.05) is 54.6 Å². The molecule has 33 heavy (non-hydrogen) atoms. The first-order valence-electron chi connectivity index (χ1n) is 10.2. The second-order valence-electron chi connectivity index (χ2n) is 7.37. The number of carbonyl (C=O) groups excluding carboxylic acids is 1. The zero-order valence-electron chi connectivity index (χ0n) is 17.6. The van der Waals surface area contributed by atoms with Crippen LogP contribution in [0.4, 0.5) is 18.9 Å². The number of hydrogen-bond donors (Lipinski definition) is 2. The summed E-state index contributed by atoms with van der Waals surface area (Å²) < 4.78 is 66.6. The van der Waals surface area contributed by atoms with Gasteiger partial charge in [-0.05, 0) is 48.2 Å². The Balaban J connectivity index is 1.52. The van der Waals surface area contributed by atoms with Crippen molar-refractivity contribution in [2.45, 2.75) is 30.3 Å². The zero-order valence-corrected chi connectivity index (χ0v) is 18.4. The summed E-state index contributed by atoms with van der Waals surface area (Å²) in [5.41, 5.74) is 0.509. The molecule has 0 radical (unpaired) electrons. The molecule has 0 aliphatic heterocycles. The number of carbonyl (C=O) groups is 1. The zero-order chi connectivity index (χ0) is 23.9. The van der Waals surface area contributed by atoms with Crippen molar-refractivity contribution in [1.29, 1.82) is 0 Å². The van der Waals surface area contributed by atoms with E-state index in [9.17, 15) is 26.4 Å². The molecule has 0 spiro atoms. The Bertz CT molecular complexity index is 1180. The van der Waals surface area contributed by atoms with Crippen LogP contribution < -0.4 is 10.0 Å². The number of para-hydroxylation sites is 1. The van der Waals surface area contributed by atoms with Gasteiger partial charge in [-0.3, -0.25) is 4.79 Å². The topological polar surface area (TPSA) is 75.3 Å². The van der Waals surface area contributed by atoms with E-state index in [2.05, 4.69) is 10.0 Å². The third-order valence-corrected chi connectivity index (χ3v) is 6.41. The standard InChI is InChI=1S/C24H23F3N2O3S/c25-24(26,27)21-8-4-5-9-22(21)29-23(30)15-12-19-10-13-20(14-11-19)33(31,32)28-17-16-18-6-2-1-3-7-18/h1-11,13-14,28H,12,15-17H2,(H,29,30). The maximum Gasteiger partial charge on any atom is 0.418 e. The highest BCUT2D eigenvalue weighted by Gasteiger charge is 2.33. The minimum atomic E-state index is -4.57. The molecule has 5 nitrogen and oxygen atoms in total. The number of rotatable bonds is 9. The summed E-state index contributed by atoms with van der Waals surface area (Å²) in [7, 11) is -3.67. The number of hydrogen-bond acceptors (Lipinski definition) is 3. The molecule has 3 rings (SSSR count). The fourth-order valence-corrected chi connectivity index (χ4v) is 4.23. The number of aryl methyl sites for hydroxylation is 1. The van der Waals surface area contributed by atoms with Crippen molar-refractivity contribution >= 4 is 21.6 Å². The molecular weight excluding hydrogens is 453 g/mol. The van der Waals surface area contributed by atoms with Crippen molar-refractivity contribution in [3.05, 3.63) is 95.6 Å². The van der Waals surface area contributed by atoms with E-state index in [1.54, 1.807) is 12.1 Å². The molecule has 0 saturated carbocycles. The summed E-state index contributed by atoms with van der Waals surface area (Å²) in [6.07, 6.45) is -3.81. The van der Waals surface area contributed by atoms with Gasteiger partial charge < -0.3 is 5.32 Å². The van der Waals surface area contributed by atoms with Gasteiger partial charge in [-0.25, -0.2) is 13.1 Å². The molecule has 0 unspecified atom stereocenters. The van der Waals surface area contributed by atoms with E-state index in [4.69, 9.17) is 0 Å². The maximum absolute atomic E-state index is 13.0. The lowest BCUT2D eigenvalue weighted by molar-refractivity contribution is -0.137. The van der Waals surface area contributed by atoms with E-state index in [0.29, 0.717) is 12.0 Å². The first-order valence-corrected chi connectivity index (χ1v) is 11.7. The monoisotopic (exact) mass is 476 g/mol. The molecule has 0 heterocycles. The molecule has 174 valence electrons. The molecule has 0 aliphatic carbocycles. The number of amides is 1. The summed E-state index contributed by atoms with van der Waals surface area (Å²) in [5.74, 6) is -0.564. The Morgan fingerprint density at radius 3 is 2.06 bits per heavy atom. The van der Waals surface area contributed by atoms with Gasteiger partial charge in [-0.2, -0.15) is 13.2 Å². The SMILES string of the molecule is O=C(CCc1ccc(S(=O)(=O)NCCc2ccccc2)cc1)Nc1ccccc1C(F)(F)F. The average molecular weight is 477 g/mol. The number of sulfonamides is 1. The number of anilines is 1. The van der Waals surface area contributed by atoms with Crippen LogP contribution in [0.2, 0.25) is 0 Å². The van der Waals surface area contributed by atoms with Gasteiger partial charge in [0.25, 0.3) is 0 Å². The molecule has 3 aromatic carbocycles. The smallest absolute Gasteiger partial charge is 0.325 e. The lowest BCUT2D eigenvalue weighted by Crippen LogP contribution is -2.26. The molecule has 9 heteroatoms. The third-order valence-electron chi connectivity index (χ3n) is 4.93. The highest BCUT2D eigenvalue weighted by Crippen LogP contribution is 2.34. The Labute approximate surface area is 190 Å². The Hall–Kier alpha value is -3.17. The first kappa shape index (κ1) is 24.5. The maximum atomic E-state index is 13.0. The van der Waals surface area contributed by atoms with E-state index in [1.165, 1.54) is 30.3 Å². The van der Waals surface area contributed by atoms with Crippen LogP contribution in [0, 0.1) is 0 Å². The first-order chi connectivity index (χ1) is 15.6.